The molecule has 0 unspecified atom stereocenters. The number of nitrogens with zero attached hydrogens (tertiary/aromatic N) is 4. The second-order valence-electron chi connectivity index (χ2n) is 9.98. The molecular formula is C24H27Cl2FN6O3. The average molecular weight is 537 g/mol. The Morgan fingerprint density at radius 2 is 1.86 bits per heavy atom. The van der Waals surface area contributed by atoms with Gasteiger partial charge in [-0.3, -0.25) is 9.36 Å². The highest BCUT2D eigenvalue weighted by molar-refractivity contribution is 6.39. The maximum Gasteiger partial charge on any atom is 0.309 e. The van der Waals surface area contributed by atoms with Crippen molar-refractivity contribution in [3.8, 4) is 0 Å². The number of rotatable bonds is 6. The van der Waals surface area contributed by atoms with Crippen LogP contribution in [0, 0.1) is 11.2 Å². The molecule has 12 heteroatoms. The lowest BCUT2D eigenvalue weighted by Crippen LogP contribution is -2.33. The highest BCUT2D eigenvalue weighted by Crippen LogP contribution is 2.44. The number of carboxylic acids is 1. The Bertz CT molecular complexity index is 1290. The van der Waals surface area contributed by atoms with Gasteiger partial charge in [-0.05, 0) is 64.0 Å². The summed E-state index contributed by atoms with van der Waals surface area (Å²) in [6.45, 7) is 1.77. The normalized spacial score (nSPS) is 26.3. The van der Waals surface area contributed by atoms with Gasteiger partial charge >= 0.3 is 5.97 Å². The number of fused-ring (bicyclic) bond motifs is 1. The van der Waals surface area contributed by atoms with Gasteiger partial charge in [-0.25, -0.2) is 14.4 Å². The van der Waals surface area contributed by atoms with Crippen LogP contribution in [0.2, 0.25) is 10.0 Å². The number of nitrogens with one attached hydrogen (secondary N) is 2. The molecule has 2 atom stereocenters. The summed E-state index contributed by atoms with van der Waals surface area (Å²) in [6, 6.07) is 2.33. The summed E-state index contributed by atoms with van der Waals surface area (Å²) in [5, 5.41) is 26.2. The molecule has 192 valence electrons. The number of halogens is 3. The number of aliphatic hydroxyl groups excluding tert-OH is 1. The van der Waals surface area contributed by atoms with Crippen molar-refractivity contribution in [2.75, 3.05) is 10.6 Å². The molecule has 36 heavy (non-hydrogen) atoms. The van der Waals surface area contributed by atoms with Crippen molar-refractivity contribution in [3.05, 3.63) is 34.2 Å². The minimum absolute atomic E-state index is 0.0780. The van der Waals surface area contributed by atoms with E-state index >= 15 is 0 Å². The molecule has 0 amide bonds. The molecule has 2 fully saturated rings. The summed E-state index contributed by atoms with van der Waals surface area (Å²) in [5.74, 6) is -0.513. The van der Waals surface area contributed by atoms with Crippen LogP contribution in [-0.2, 0) is 4.79 Å². The van der Waals surface area contributed by atoms with E-state index < -0.39 is 17.2 Å². The number of hydrogen-bond acceptors (Lipinski definition) is 7. The molecule has 9 nitrogen and oxygen atoms in total. The van der Waals surface area contributed by atoms with Gasteiger partial charge in [0.1, 0.15) is 11.3 Å². The number of anilines is 3. The summed E-state index contributed by atoms with van der Waals surface area (Å²) in [5.41, 5.74) is 0.644. The summed E-state index contributed by atoms with van der Waals surface area (Å²) >= 11 is 12.6. The Labute approximate surface area is 217 Å². The zero-order valence-corrected chi connectivity index (χ0v) is 21.2. The lowest BCUT2D eigenvalue weighted by Gasteiger charge is -2.35. The molecule has 0 spiro atoms. The van der Waals surface area contributed by atoms with E-state index in [1.807, 2.05) is 4.57 Å². The molecule has 2 aliphatic rings. The number of aromatic nitrogens is 4. The van der Waals surface area contributed by atoms with E-state index in [4.69, 9.17) is 28.2 Å². The molecule has 5 rings (SSSR count). The largest absolute Gasteiger partial charge is 0.481 e. The lowest BCUT2D eigenvalue weighted by molar-refractivity contribution is -0.150. The van der Waals surface area contributed by atoms with Crippen molar-refractivity contribution < 1.29 is 19.4 Å². The first kappa shape index (κ1) is 25.0. The smallest absolute Gasteiger partial charge is 0.309 e. The van der Waals surface area contributed by atoms with Crippen LogP contribution in [-0.4, -0.2) is 47.8 Å². The third-order valence-electron chi connectivity index (χ3n) is 7.35. The van der Waals surface area contributed by atoms with E-state index in [0.717, 1.165) is 12.8 Å². The third-order valence-corrected chi connectivity index (χ3v) is 7.95. The first-order valence-corrected chi connectivity index (χ1v) is 12.7. The minimum atomic E-state index is -0.799. The summed E-state index contributed by atoms with van der Waals surface area (Å²) < 4.78 is 15.7. The van der Waals surface area contributed by atoms with E-state index in [0.29, 0.717) is 60.9 Å². The van der Waals surface area contributed by atoms with Crippen molar-refractivity contribution >= 4 is 57.9 Å². The molecule has 3 aromatic rings. The Kier molecular flexibility index (Phi) is 6.69. The number of benzene rings is 1. The molecular weight excluding hydrogens is 510 g/mol. The lowest BCUT2D eigenvalue weighted by atomic mass is 9.74. The van der Waals surface area contributed by atoms with E-state index in [-0.39, 0.29) is 28.2 Å². The Morgan fingerprint density at radius 1 is 1.17 bits per heavy atom. The van der Waals surface area contributed by atoms with Gasteiger partial charge < -0.3 is 20.8 Å². The second kappa shape index (κ2) is 9.64. The van der Waals surface area contributed by atoms with Crippen molar-refractivity contribution in [2.24, 2.45) is 5.41 Å². The molecule has 4 N–H and O–H groups in total. The topological polar surface area (TPSA) is 125 Å². The average Bonchev–Trinajstić information content (AvgIpc) is 3.39. The Balaban J connectivity index is 1.53. The number of aliphatic hydroxyl groups is 1. The van der Waals surface area contributed by atoms with Gasteiger partial charge in [0, 0.05) is 12.1 Å². The number of imidazole rings is 1. The first-order chi connectivity index (χ1) is 17.1. The Morgan fingerprint density at radius 3 is 2.47 bits per heavy atom. The van der Waals surface area contributed by atoms with Crippen molar-refractivity contribution in [2.45, 2.75) is 70.1 Å². The number of carbonyl (C=O) groups is 1. The van der Waals surface area contributed by atoms with Gasteiger partial charge in [0.15, 0.2) is 5.65 Å². The van der Waals surface area contributed by atoms with Crippen LogP contribution in [0.15, 0.2) is 18.3 Å². The molecule has 0 saturated heterocycles. The highest BCUT2D eigenvalue weighted by atomic mass is 35.5. The van der Waals surface area contributed by atoms with E-state index in [9.17, 15) is 19.4 Å². The molecule has 2 saturated carbocycles. The van der Waals surface area contributed by atoms with Crippen LogP contribution in [0.1, 0.15) is 57.9 Å². The summed E-state index contributed by atoms with van der Waals surface area (Å²) in [6.07, 6.45) is 5.69. The first-order valence-electron chi connectivity index (χ1n) is 12.0. The predicted octanol–water partition coefficient (Wildman–Crippen LogP) is 5.55. The van der Waals surface area contributed by atoms with Crippen LogP contribution in [0.3, 0.4) is 0 Å². The van der Waals surface area contributed by atoms with Crippen molar-refractivity contribution in [1.29, 1.82) is 0 Å². The van der Waals surface area contributed by atoms with Crippen molar-refractivity contribution in [3.63, 3.8) is 0 Å². The quantitative estimate of drug-likeness (QED) is 0.323. The maximum absolute atomic E-state index is 13.8. The van der Waals surface area contributed by atoms with Gasteiger partial charge in [-0.2, -0.15) is 4.98 Å². The zero-order valence-electron chi connectivity index (χ0n) is 19.6. The molecule has 0 radical (unpaired) electrons. The molecule has 2 aliphatic carbocycles. The van der Waals surface area contributed by atoms with Gasteiger partial charge in [0.05, 0.1) is 33.4 Å². The van der Waals surface area contributed by atoms with Gasteiger partial charge in [-0.1, -0.05) is 23.2 Å². The second-order valence-corrected chi connectivity index (χ2v) is 10.8. The number of aliphatic carboxylic acids is 1. The fourth-order valence-corrected chi connectivity index (χ4v) is 5.71. The Hall–Kier alpha value is -2.69. The third kappa shape index (κ3) is 4.81. The summed E-state index contributed by atoms with van der Waals surface area (Å²) in [4.78, 5) is 25.6. The monoisotopic (exact) mass is 536 g/mol. The van der Waals surface area contributed by atoms with Gasteiger partial charge in [0.25, 0.3) is 0 Å². The zero-order chi connectivity index (χ0) is 25.6. The van der Waals surface area contributed by atoms with Crippen LogP contribution in [0.25, 0.3) is 11.2 Å². The van der Waals surface area contributed by atoms with Crippen LogP contribution in [0.5, 0.6) is 0 Å². The van der Waals surface area contributed by atoms with Gasteiger partial charge in [-0.15, -0.1) is 0 Å². The number of carboxylic acid groups (broad SMARTS) is 1. The summed E-state index contributed by atoms with van der Waals surface area (Å²) in [7, 11) is 0. The molecule has 2 aromatic heterocycles. The van der Waals surface area contributed by atoms with Crippen LogP contribution in [0.4, 0.5) is 22.0 Å². The fraction of sp³-hybridized carbons (Fsp3) is 0.500. The molecule has 1 aromatic carbocycles. The van der Waals surface area contributed by atoms with Crippen LogP contribution >= 0.6 is 23.2 Å². The standard InChI is InChI=1S/C24H27Cl2FN6O3/c1-24(21(35)36)6-4-14(5-7-24)33-20-18(11-28-22(32-20)29-13-2-3-15(34)10-13)30-23(33)31-19-16(25)8-12(27)9-17(19)26/h8-9,11,13-15,34H,2-7,10H2,1H3,(H,30,31)(H,35,36)(H,28,29,32)/t13-,14?,15-,24?/m0/s1. The predicted molar refractivity (Wildman–Crippen MR) is 136 cm³/mol. The SMILES string of the molecule is CC1(C(=O)O)CCC(n2c(Nc3c(Cl)cc(F)cc3Cl)nc3cnc(N[C@H]4CC[C@H](O)C4)nc32)CC1. The number of hydrogen-bond donors (Lipinski definition) is 4. The molecule has 0 aliphatic heterocycles. The highest BCUT2D eigenvalue weighted by Gasteiger charge is 2.39. The maximum atomic E-state index is 13.8. The van der Waals surface area contributed by atoms with E-state index in [2.05, 4.69) is 20.6 Å². The minimum Gasteiger partial charge on any atom is -0.481 e. The van der Waals surface area contributed by atoms with Gasteiger partial charge in [0.2, 0.25) is 11.9 Å². The van der Waals surface area contributed by atoms with E-state index in [1.165, 1.54) is 12.1 Å². The molecule has 2 heterocycles. The molecule has 0 bridgehead atoms. The fourth-order valence-electron chi connectivity index (χ4n) is 5.15. The van der Waals surface area contributed by atoms with E-state index in [1.54, 1.807) is 13.1 Å². The van der Waals surface area contributed by atoms with Crippen molar-refractivity contribution in [1.82, 2.24) is 19.5 Å². The van der Waals surface area contributed by atoms with Crippen LogP contribution < -0.4 is 10.6 Å².